The first-order valence-corrected chi connectivity index (χ1v) is 6.20. The van der Waals surface area contributed by atoms with E-state index in [-0.39, 0.29) is 11.7 Å². The van der Waals surface area contributed by atoms with Crippen LogP contribution in [0.3, 0.4) is 0 Å². The van der Waals surface area contributed by atoms with Crippen LogP contribution in [0.4, 0.5) is 18.3 Å². The van der Waals surface area contributed by atoms with E-state index in [9.17, 15) is 18.0 Å². The van der Waals surface area contributed by atoms with Gasteiger partial charge in [-0.1, -0.05) is 11.3 Å². The highest BCUT2D eigenvalue weighted by Crippen LogP contribution is 2.37. The Hall–Kier alpha value is -1.31. The van der Waals surface area contributed by atoms with Crippen molar-refractivity contribution in [3.63, 3.8) is 0 Å². The van der Waals surface area contributed by atoms with Crippen molar-refractivity contribution in [3.05, 3.63) is 11.1 Å². The van der Waals surface area contributed by atoms with Crippen molar-refractivity contribution in [2.45, 2.75) is 19.0 Å². The average Bonchev–Trinajstić information content (AvgIpc) is 2.78. The van der Waals surface area contributed by atoms with E-state index in [1.807, 2.05) is 0 Å². The number of hydrogen-bond donors (Lipinski definition) is 1. The number of piperidine rings is 1. The fourth-order valence-corrected chi connectivity index (χ4v) is 2.71. The molecule has 1 aliphatic heterocycles. The molecule has 1 aromatic rings. The molecule has 4 nitrogen and oxygen atoms in total. The zero-order valence-corrected chi connectivity index (χ0v) is 10.1. The predicted molar refractivity (Wildman–Crippen MR) is 59.7 cm³/mol. The molecule has 0 amide bonds. The smallest absolute Gasteiger partial charge is 0.427 e. The standard InChI is InChI=1S/C10H11F3N2O2S/c11-10(12,13)7-4-14-9(18-7)15-3-1-2-6(5-15)8(16)17/h4,6H,1-3,5H2,(H,16,17). The zero-order chi connectivity index (χ0) is 13.3. The number of carbonyl (C=O) groups is 1. The number of alkyl halides is 3. The van der Waals surface area contributed by atoms with E-state index in [4.69, 9.17) is 5.11 Å². The fraction of sp³-hybridized carbons (Fsp3) is 0.600. The summed E-state index contributed by atoms with van der Waals surface area (Å²) in [6.45, 7) is 0.773. The lowest BCUT2D eigenvalue weighted by atomic mass is 9.99. The van der Waals surface area contributed by atoms with Crippen LogP contribution in [0.2, 0.25) is 0 Å². The van der Waals surface area contributed by atoms with E-state index in [0.717, 1.165) is 6.20 Å². The Morgan fingerprint density at radius 3 is 2.83 bits per heavy atom. The van der Waals surface area contributed by atoms with E-state index in [1.165, 1.54) is 0 Å². The topological polar surface area (TPSA) is 53.4 Å². The molecule has 0 aliphatic carbocycles. The van der Waals surface area contributed by atoms with E-state index < -0.39 is 22.9 Å². The Morgan fingerprint density at radius 2 is 2.28 bits per heavy atom. The van der Waals surface area contributed by atoms with Crippen LogP contribution in [0.5, 0.6) is 0 Å². The Kier molecular flexibility index (Phi) is 3.47. The Bertz CT molecular complexity index is 447. The van der Waals surface area contributed by atoms with Crippen LogP contribution in [0.1, 0.15) is 17.7 Å². The van der Waals surface area contributed by atoms with Crippen LogP contribution in [0, 0.1) is 5.92 Å². The van der Waals surface area contributed by atoms with Gasteiger partial charge in [-0.25, -0.2) is 4.98 Å². The van der Waals surface area contributed by atoms with E-state index >= 15 is 0 Å². The monoisotopic (exact) mass is 280 g/mol. The van der Waals surface area contributed by atoms with Gasteiger partial charge in [-0.15, -0.1) is 0 Å². The quantitative estimate of drug-likeness (QED) is 0.904. The van der Waals surface area contributed by atoms with Crippen molar-refractivity contribution in [2.24, 2.45) is 5.92 Å². The van der Waals surface area contributed by atoms with Gasteiger partial charge in [-0.3, -0.25) is 4.79 Å². The Labute approximate surface area is 105 Å². The van der Waals surface area contributed by atoms with Gasteiger partial charge >= 0.3 is 12.1 Å². The summed E-state index contributed by atoms with van der Waals surface area (Å²) < 4.78 is 37.3. The molecule has 1 aliphatic rings. The maximum absolute atomic E-state index is 12.4. The van der Waals surface area contributed by atoms with Crippen LogP contribution >= 0.6 is 11.3 Å². The number of aliphatic carboxylic acids is 1. The summed E-state index contributed by atoms with van der Waals surface area (Å²) in [5.41, 5.74) is 0. The molecule has 1 saturated heterocycles. The first kappa shape index (κ1) is 13.1. The molecule has 2 heterocycles. The van der Waals surface area contributed by atoms with Crippen LogP contribution in [-0.4, -0.2) is 29.1 Å². The van der Waals surface area contributed by atoms with Crippen LogP contribution in [0.25, 0.3) is 0 Å². The van der Waals surface area contributed by atoms with Gasteiger partial charge in [0.1, 0.15) is 4.88 Å². The van der Waals surface area contributed by atoms with Crippen LogP contribution in [-0.2, 0) is 11.0 Å². The molecule has 2 rings (SSSR count). The van der Waals surface area contributed by atoms with Crippen molar-refractivity contribution in [3.8, 4) is 0 Å². The van der Waals surface area contributed by atoms with Crippen molar-refractivity contribution in [1.29, 1.82) is 0 Å². The van der Waals surface area contributed by atoms with Gasteiger partial charge in [-0.05, 0) is 12.8 Å². The third kappa shape index (κ3) is 2.74. The minimum Gasteiger partial charge on any atom is -0.481 e. The van der Waals surface area contributed by atoms with E-state index in [1.54, 1.807) is 4.90 Å². The molecule has 1 N–H and O–H groups in total. The third-order valence-corrected chi connectivity index (χ3v) is 3.92. The van der Waals surface area contributed by atoms with E-state index in [0.29, 0.717) is 30.7 Å². The highest BCUT2D eigenvalue weighted by atomic mass is 32.1. The van der Waals surface area contributed by atoms with Gasteiger partial charge in [0, 0.05) is 13.1 Å². The first-order valence-electron chi connectivity index (χ1n) is 5.38. The molecule has 1 fully saturated rings. The summed E-state index contributed by atoms with van der Waals surface area (Å²) in [5, 5.41) is 9.16. The van der Waals surface area contributed by atoms with Crippen molar-refractivity contribution in [1.82, 2.24) is 4.98 Å². The largest absolute Gasteiger partial charge is 0.481 e. The lowest BCUT2D eigenvalue weighted by molar-refractivity contribution is -0.142. The molecule has 0 aromatic carbocycles. The minimum absolute atomic E-state index is 0.222. The second-order valence-corrected chi connectivity index (χ2v) is 5.14. The lowest BCUT2D eigenvalue weighted by Gasteiger charge is -2.30. The molecule has 0 radical (unpaired) electrons. The predicted octanol–water partition coefficient (Wildman–Crippen LogP) is 2.46. The molecule has 100 valence electrons. The number of rotatable bonds is 2. The number of hydrogen-bond acceptors (Lipinski definition) is 4. The van der Waals surface area contributed by atoms with Crippen molar-refractivity contribution >= 4 is 22.4 Å². The number of thiazole rings is 1. The van der Waals surface area contributed by atoms with Crippen LogP contribution in [0.15, 0.2) is 6.20 Å². The molecule has 0 bridgehead atoms. The summed E-state index contributed by atoms with van der Waals surface area (Å²) in [6.07, 6.45) is -2.39. The third-order valence-electron chi connectivity index (χ3n) is 2.81. The molecular weight excluding hydrogens is 269 g/mol. The molecule has 1 atom stereocenters. The SMILES string of the molecule is O=C(O)C1CCCN(c2ncc(C(F)(F)F)s2)C1. The maximum Gasteiger partial charge on any atom is 0.427 e. The van der Waals surface area contributed by atoms with Gasteiger partial charge < -0.3 is 10.0 Å². The highest BCUT2D eigenvalue weighted by Gasteiger charge is 2.35. The molecule has 0 saturated carbocycles. The summed E-state index contributed by atoms with van der Waals surface area (Å²) in [6, 6.07) is 0. The lowest BCUT2D eigenvalue weighted by Crippen LogP contribution is -2.38. The maximum atomic E-state index is 12.4. The second kappa shape index (κ2) is 4.75. The van der Waals surface area contributed by atoms with E-state index in [2.05, 4.69) is 4.98 Å². The number of carboxylic acid groups (broad SMARTS) is 1. The number of halogens is 3. The first-order chi connectivity index (χ1) is 8.38. The Balaban J connectivity index is 2.12. The highest BCUT2D eigenvalue weighted by molar-refractivity contribution is 7.15. The fourth-order valence-electron chi connectivity index (χ4n) is 1.89. The summed E-state index contributed by atoms with van der Waals surface area (Å²) >= 11 is 0.557. The number of anilines is 1. The zero-order valence-electron chi connectivity index (χ0n) is 9.28. The Morgan fingerprint density at radius 1 is 1.56 bits per heavy atom. The summed E-state index contributed by atoms with van der Waals surface area (Å²) in [7, 11) is 0. The summed E-state index contributed by atoms with van der Waals surface area (Å²) in [5.74, 6) is -1.44. The normalized spacial score (nSPS) is 21.1. The molecular formula is C10H11F3N2O2S. The van der Waals surface area contributed by atoms with Crippen molar-refractivity contribution in [2.75, 3.05) is 18.0 Å². The molecule has 1 unspecified atom stereocenters. The number of nitrogens with zero attached hydrogens (tertiary/aromatic N) is 2. The summed E-state index contributed by atoms with van der Waals surface area (Å²) in [4.78, 5) is 15.5. The molecule has 1 aromatic heterocycles. The molecule has 0 spiro atoms. The van der Waals surface area contributed by atoms with Crippen molar-refractivity contribution < 1.29 is 23.1 Å². The van der Waals surface area contributed by atoms with Gasteiger partial charge in [0.15, 0.2) is 5.13 Å². The average molecular weight is 280 g/mol. The minimum atomic E-state index is -4.39. The van der Waals surface area contributed by atoms with Crippen LogP contribution < -0.4 is 4.90 Å². The number of carboxylic acids is 1. The van der Waals surface area contributed by atoms with Gasteiger partial charge in [0.25, 0.3) is 0 Å². The van der Waals surface area contributed by atoms with Gasteiger partial charge in [-0.2, -0.15) is 13.2 Å². The molecule has 8 heteroatoms. The number of aromatic nitrogens is 1. The molecule has 18 heavy (non-hydrogen) atoms. The van der Waals surface area contributed by atoms with Gasteiger partial charge in [0.05, 0.1) is 12.1 Å². The second-order valence-electron chi connectivity index (χ2n) is 4.13. The van der Waals surface area contributed by atoms with Gasteiger partial charge in [0.2, 0.25) is 0 Å².